The molecule has 0 fully saturated rings. The van der Waals surface area contributed by atoms with Crippen molar-refractivity contribution < 1.29 is 14.3 Å². The van der Waals surface area contributed by atoms with E-state index in [1.165, 1.54) is 0 Å². The Kier molecular flexibility index (Phi) is 9.02. The molecule has 0 aliphatic heterocycles. The summed E-state index contributed by atoms with van der Waals surface area (Å²) in [6.07, 6.45) is 5.00. The van der Waals surface area contributed by atoms with E-state index < -0.39 is 0 Å². The van der Waals surface area contributed by atoms with E-state index >= 15 is 0 Å². The van der Waals surface area contributed by atoms with Gasteiger partial charge >= 0.3 is 5.97 Å². The number of carbonyl (C=O) groups excluding carboxylic acids is 1. The molecule has 0 aliphatic rings. The molecule has 0 saturated carbocycles. The molecular weight excluding hydrogens is 426 g/mol. The summed E-state index contributed by atoms with van der Waals surface area (Å²) in [5.74, 6) is 2.19. The maximum Gasteiger partial charge on any atom is 0.311 e. The van der Waals surface area contributed by atoms with Crippen molar-refractivity contribution in [2.75, 3.05) is 18.6 Å². The van der Waals surface area contributed by atoms with Crippen LogP contribution in [0.4, 0.5) is 5.82 Å². The minimum atomic E-state index is -0.189. The number of hydrogen-bond acceptors (Lipinski definition) is 6. The lowest BCUT2D eigenvalue weighted by Crippen LogP contribution is -2.26. The fourth-order valence-electron chi connectivity index (χ4n) is 3.93. The first-order valence-electron chi connectivity index (χ1n) is 12.0. The highest BCUT2D eigenvalue weighted by Crippen LogP contribution is 2.30. The van der Waals surface area contributed by atoms with Gasteiger partial charge in [0.05, 0.1) is 12.8 Å². The summed E-state index contributed by atoms with van der Waals surface area (Å²) in [4.78, 5) is 23.5. The Hall–Kier alpha value is -3.41. The van der Waals surface area contributed by atoms with Crippen LogP contribution in [0.15, 0.2) is 48.8 Å². The van der Waals surface area contributed by atoms with Crippen LogP contribution in [0, 0.1) is 13.8 Å². The number of hydrogen-bond donors (Lipinski definition) is 0. The number of benzene rings is 2. The molecule has 0 spiro atoms. The summed E-state index contributed by atoms with van der Waals surface area (Å²) in [7, 11) is 1.66. The SMILES string of the molecule is CCCCN(Cc1ccc(OC(=O)CCC)c(C)c1)c1ncnc(-c2ccc(OC)cc2)c1C. The van der Waals surface area contributed by atoms with E-state index in [-0.39, 0.29) is 5.97 Å². The zero-order valence-electron chi connectivity index (χ0n) is 20.9. The lowest BCUT2D eigenvalue weighted by Gasteiger charge is -2.26. The molecule has 6 nitrogen and oxygen atoms in total. The maximum absolute atomic E-state index is 11.9. The first-order chi connectivity index (χ1) is 16.5. The van der Waals surface area contributed by atoms with Gasteiger partial charge in [0.25, 0.3) is 0 Å². The fraction of sp³-hybridized carbons (Fsp3) is 0.393. The molecular formula is C28H35N3O3. The summed E-state index contributed by atoms with van der Waals surface area (Å²) >= 11 is 0. The van der Waals surface area contributed by atoms with E-state index in [0.29, 0.717) is 18.7 Å². The number of ether oxygens (including phenoxy) is 2. The second-order valence-corrected chi connectivity index (χ2v) is 8.50. The van der Waals surface area contributed by atoms with Crippen molar-refractivity contribution in [3.63, 3.8) is 0 Å². The van der Waals surface area contributed by atoms with Gasteiger partial charge in [-0.2, -0.15) is 0 Å². The van der Waals surface area contributed by atoms with Gasteiger partial charge in [-0.15, -0.1) is 0 Å². The van der Waals surface area contributed by atoms with Crippen molar-refractivity contribution in [3.05, 3.63) is 65.5 Å². The Labute approximate surface area is 203 Å². The quantitative estimate of drug-likeness (QED) is 0.247. The van der Waals surface area contributed by atoms with Gasteiger partial charge in [-0.25, -0.2) is 9.97 Å². The summed E-state index contributed by atoms with van der Waals surface area (Å²) in [6.45, 7) is 9.82. The minimum absolute atomic E-state index is 0.189. The standard InChI is InChI=1S/C28H35N3O3/c1-6-8-16-31(18-22-10-15-25(20(3)17-22)34-26(32)9-7-2)28-21(4)27(29-19-30-28)23-11-13-24(33-5)14-12-23/h10-15,17,19H,6-9,16,18H2,1-5H3. The predicted molar refractivity (Wildman–Crippen MR) is 136 cm³/mol. The van der Waals surface area contributed by atoms with Crippen molar-refractivity contribution in [1.82, 2.24) is 9.97 Å². The van der Waals surface area contributed by atoms with Gasteiger partial charge in [-0.1, -0.05) is 32.4 Å². The Morgan fingerprint density at radius 2 is 1.76 bits per heavy atom. The third-order valence-electron chi connectivity index (χ3n) is 5.79. The smallest absolute Gasteiger partial charge is 0.311 e. The average Bonchev–Trinajstić information content (AvgIpc) is 2.84. The van der Waals surface area contributed by atoms with E-state index in [1.807, 2.05) is 50.2 Å². The molecule has 34 heavy (non-hydrogen) atoms. The van der Waals surface area contributed by atoms with Crippen LogP contribution in [-0.2, 0) is 11.3 Å². The molecule has 6 heteroatoms. The van der Waals surface area contributed by atoms with E-state index in [2.05, 4.69) is 34.8 Å². The van der Waals surface area contributed by atoms with E-state index in [9.17, 15) is 4.79 Å². The van der Waals surface area contributed by atoms with Crippen LogP contribution in [0.5, 0.6) is 11.5 Å². The van der Waals surface area contributed by atoms with Gasteiger partial charge in [0.2, 0.25) is 0 Å². The van der Waals surface area contributed by atoms with Crippen molar-refractivity contribution >= 4 is 11.8 Å². The largest absolute Gasteiger partial charge is 0.497 e. The van der Waals surface area contributed by atoms with Crippen LogP contribution in [0.3, 0.4) is 0 Å². The number of esters is 1. The minimum Gasteiger partial charge on any atom is -0.497 e. The number of aromatic nitrogens is 2. The molecule has 2 aromatic carbocycles. The molecule has 0 amide bonds. The van der Waals surface area contributed by atoms with Gasteiger partial charge in [0.1, 0.15) is 23.6 Å². The summed E-state index contributed by atoms with van der Waals surface area (Å²) < 4.78 is 10.8. The topological polar surface area (TPSA) is 64.5 Å². The van der Waals surface area contributed by atoms with Crippen LogP contribution in [0.2, 0.25) is 0 Å². The van der Waals surface area contributed by atoms with Gasteiger partial charge in [0, 0.05) is 30.6 Å². The second-order valence-electron chi connectivity index (χ2n) is 8.50. The molecule has 180 valence electrons. The molecule has 0 aliphatic carbocycles. The molecule has 0 atom stereocenters. The van der Waals surface area contributed by atoms with E-state index in [0.717, 1.165) is 65.3 Å². The Balaban J connectivity index is 1.87. The van der Waals surface area contributed by atoms with Crippen LogP contribution in [0.1, 0.15) is 56.2 Å². The van der Waals surface area contributed by atoms with Gasteiger partial charge in [-0.05, 0) is 68.1 Å². The summed E-state index contributed by atoms with van der Waals surface area (Å²) in [5, 5.41) is 0. The number of carbonyl (C=O) groups is 1. The number of unbranched alkanes of at least 4 members (excludes halogenated alkanes) is 1. The summed E-state index contributed by atoms with van der Waals surface area (Å²) in [5.41, 5.74) is 5.10. The molecule has 1 heterocycles. The maximum atomic E-state index is 11.9. The van der Waals surface area contributed by atoms with Crippen molar-refractivity contribution in [2.45, 2.75) is 59.9 Å². The second kappa shape index (κ2) is 12.2. The highest BCUT2D eigenvalue weighted by atomic mass is 16.5. The summed E-state index contributed by atoms with van der Waals surface area (Å²) in [6, 6.07) is 14.0. The fourth-order valence-corrected chi connectivity index (χ4v) is 3.93. The Morgan fingerprint density at radius 3 is 2.41 bits per heavy atom. The van der Waals surface area contributed by atoms with E-state index in [1.54, 1.807) is 13.4 Å². The zero-order valence-corrected chi connectivity index (χ0v) is 20.9. The molecule has 0 bridgehead atoms. The molecule has 0 unspecified atom stereocenters. The molecule has 0 radical (unpaired) electrons. The predicted octanol–water partition coefficient (Wildman–Crippen LogP) is 6.28. The Bertz CT molecular complexity index is 1100. The highest BCUT2D eigenvalue weighted by molar-refractivity contribution is 5.72. The number of rotatable bonds is 11. The monoisotopic (exact) mass is 461 g/mol. The lowest BCUT2D eigenvalue weighted by atomic mass is 10.1. The number of anilines is 1. The average molecular weight is 462 g/mol. The van der Waals surface area contributed by atoms with Gasteiger partial charge in [0.15, 0.2) is 0 Å². The first kappa shape index (κ1) is 25.2. The zero-order chi connectivity index (χ0) is 24.5. The lowest BCUT2D eigenvalue weighted by molar-refractivity contribution is -0.134. The van der Waals surface area contributed by atoms with E-state index in [4.69, 9.17) is 9.47 Å². The number of aryl methyl sites for hydroxylation is 1. The van der Waals surface area contributed by atoms with Crippen molar-refractivity contribution in [2.24, 2.45) is 0 Å². The van der Waals surface area contributed by atoms with Gasteiger partial charge in [-0.3, -0.25) is 4.79 Å². The Morgan fingerprint density at radius 1 is 1.00 bits per heavy atom. The van der Waals surface area contributed by atoms with Crippen molar-refractivity contribution in [1.29, 1.82) is 0 Å². The number of methoxy groups -OCH3 is 1. The first-order valence-corrected chi connectivity index (χ1v) is 12.0. The molecule has 3 aromatic rings. The van der Waals surface area contributed by atoms with Crippen LogP contribution in [0.25, 0.3) is 11.3 Å². The van der Waals surface area contributed by atoms with Crippen LogP contribution in [-0.4, -0.2) is 29.6 Å². The van der Waals surface area contributed by atoms with Gasteiger partial charge < -0.3 is 14.4 Å². The third-order valence-corrected chi connectivity index (χ3v) is 5.79. The number of nitrogens with zero attached hydrogens (tertiary/aromatic N) is 3. The molecule has 1 aromatic heterocycles. The molecule has 0 saturated heterocycles. The van der Waals surface area contributed by atoms with Crippen LogP contribution < -0.4 is 14.4 Å². The third kappa shape index (κ3) is 6.34. The van der Waals surface area contributed by atoms with Crippen LogP contribution >= 0.6 is 0 Å². The molecule has 3 rings (SSSR count). The van der Waals surface area contributed by atoms with Crippen molar-refractivity contribution in [3.8, 4) is 22.8 Å². The normalized spacial score (nSPS) is 10.7. The molecule has 0 N–H and O–H groups in total. The highest BCUT2D eigenvalue weighted by Gasteiger charge is 2.17.